The lowest BCUT2D eigenvalue weighted by molar-refractivity contribution is -0.144. The van der Waals surface area contributed by atoms with E-state index >= 15 is 0 Å². The number of carboxylic acids is 1. The number of thioether (sulfide) groups is 1. The lowest BCUT2D eigenvalue weighted by atomic mass is 9.97. The van der Waals surface area contributed by atoms with Gasteiger partial charge in [-0.1, -0.05) is 52.3 Å². The average Bonchev–Trinajstić information content (AvgIpc) is 3.29. The zero-order chi connectivity index (χ0) is 28.4. The van der Waals surface area contributed by atoms with Crippen molar-refractivity contribution in [3.63, 3.8) is 0 Å². The summed E-state index contributed by atoms with van der Waals surface area (Å²) in [5.74, 6) is -2.66. The second-order valence-corrected chi connectivity index (χ2v) is 10.9. The number of nitrogens with one attached hydrogen (secondary N) is 4. The first-order valence-corrected chi connectivity index (χ1v) is 14.3. The molecule has 0 aliphatic carbocycles. The molecule has 0 spiro atoms. The second-order valence-electron chi connectivity index (χ2n) is 9.95. The molecule has 0 saturated heterocycles. The number of carboxylic acid groups (broad SMARTS) is 1. The number of aromatic nitrogens is 1. The lowest BCUT2D eigenvalue weighted by Crippen LogP contribution is -2.59. The Morgan fingerprint density at radius 1 is 1.00 bits per heavy atom. The molecular formula is C27H41N5O5S. The fourth-order valence-electron chi connectivity index (χ4n) is 4.10. The largest absolute Gasteiger partial charge is 0.480 e. The van der Waals surface area contributed by atoms with Gasteiger partial charge in [-0.2, -0.15) is 11.8 Å². The number of carbonyl (C=O) groups is 4. The molecule has 210 valence electrons. The third kappa shape index (κ3) is 8.49. The van der Waals surface area contributed by atoms with Crippen LogP contribution in [0.15, 0.2) is 30.5 Å². The molecule has 5 unspecified atom stereocenters. The van der Waals surface area contributed by atoms with Gasteiger partial charge in [-0.15, -0.1) is 0 Å². The molecule has 1 heterocycles. The number of rotatable bonds is 15. The average molecular weight is 548 g/mol. The van der Waals surface area contributed by atoms with Crippen LogP contribution in [0.2, 0.25) is 0 Å². The van der Waals surface area contributed by atoms with Crippen LogP contribution in [0.4, 0.5) is 0 Å². The predicted octanol–water partition coefficient (Wildman–Crippen LogP) is 2.03. The number of H-pyrrole nitrogens is 1. The molecule has 0 radical (unpaired) electrons. The Balaban J connectivity index is 2.28. The quantitative estimate of drug-likeness (QED) is 0.198. The summed E-state index contributed by atoms with van der Waals surface area (Å²) in [4.78, 5) is 54.4. The van der Waals surface area contributed by atoms with Crippen LogP contribution in [0.5, 0.6) is 0 Å². The number of nitrogens with two attached hydrogens (primary N) is 1. The molecule has 3 amide bonds. The topological polar surface area (TPSA) is 166 Å². The van der Waals surface area contributed by atoms with Crippen molar-refractivity contribution < 1.29 is 24.3 Å². The Morgan fingerprint density at radius 2 is 1.66 bits per heavy atom. The van der Waals surface area contributed by atoms with Crippen molar-refractivity contribution in [2.24, 2.45) is 17.6 Å². The van der Waals surface area contributed by atoms with Gasteiger partial charge < -0.3 is 31.8 Å². The number of hydrogen-bond acceptors (Lipinski definition) is 6. The van der Waals surface area contributed by atoms with E-state index in [0.29, 0.717) is 18.6 Å². The lowest BCUT2D eigenvalue weighted by Gasteiger charge is -2.28. The fourth-order valence-corrected chi connectivity index (χ4v) is 4.59. The van der Waals surface area contributed by atoms with Gasteiger partial charge in [-0.3, -0.25) is 14.4 Å². The van der Waals surface area contributed by atoms with Crippen LogP contribution in [0, 0.1) is 11.8 Å². The van der Waals surface area contributed by atoms with E-state index in [4.69, 9.17) is 5.73 Å². The maximum Gasteiger partial charge on any atom is 0.326 e. The van der Waals surface area contributed by atoms with Crippen LogP contribution in [-0.4, -0.2) is 70.0 Å². The van der Waals surface area contributed by atoms with Gasteiger partial charge in [0.25, 0.3) is 0 Å². The standard InChI is InChI=1S/C27H41N5O5S/c1-6-16(4)23(27(36)37)32-26(35)22(15(2)3)31-25(34)21(30-24(33)19(28)11-12-38-5)13-17-14-29-20-10-8-7-9-18(17)20/h7-10,14-16,19,21-23,29H,6,11-13,28H2,1-5H3,(H,30,33)(H,31,34)(H,32,35)(H,36,37). The van der Waals surface area contributed by atoms with E-state index < -0.39 is 47.9 Å². The normalized spacial score (nSPS) is 15.3. The molecule has 0 aliphatic rings. The summed E-state index contributed by atoms with van der Waals surface area (Å²) in [5, 5.41) is 18.6. The monoisotopic (exact) mass is 547 g/mol. The van der Waals surface area contributed by atoms with Crippen LogP contribution in [0.3, 0.4) is 0 Å². The van der Waals surface area contributed by atoms with Gasteiger partial charge in [0.1, 0.15) is 18.1 Å². The number of aliphatic carboxylic acids is 1. The highest BCUT2D eigenvalue weighted by atomic mass is 32.2. The summed E-state index contributed by atoms with van der Waals surface area (Å²) in [6.45, 7) is 7.11. The summed E-state index contributed by atoms with van der Waals surface area (Å²) in [5.41, 5.74) is 7.78. The third-order valence-electron chi connectivity index (χ3n) is 6.73. The summed E-state index contributed by atoms with van der Waals surface area (Å²) >= 11 is 1.57. The van der Waals surface area contributed by atoms with Gasteiger partial charge in [-0.25, -0.2) is 4.79 Å². The van der Waals surface area contributed by atoms with Crippen molar-refractivity contribution >= 4 is 46.4 Å². The molecule has 2 aromatic rings. The van der Waals surface area contributed by atoms with E-state index in [2.05, 4.69) is 20.9 Å². The Kier molecular flexibility index (Phi) is 12.1. The van der Waals surface area contributed by atoms with E-state index in [0.717, 1.165) is 16.5 Å². The molecule has 5 atom stereocenters. The zero-order valence-corrected chi connectivity index (χ0v) is 23.6. The molecule has 7 N–H and O–H groups in total. The van der Waals surface area contributed by atoms with Crippen LogP contribution < -0.4 is 21.7 Å². The predicted molar refractivity (Wildman–Crippen MR) is 151 cm³/mol. The van der Waals surface area contributed by atoms with E-state index in [9.17, 15) is 24.3 Å². The van der Waals surface area contributed by atoms with Crippen molar-refractivity contribution in [1.29, 1.82) is 0 Å². The second kappa shape index (κ2) is 14.8. The number of amides is 3. The summed E-state index contributed by atoms with van der Waals surface area (Å²) in [7, 11) is 0. The Hall–Kier alpha value is -3.05. The Labute approximate surface area is 228 Å². The minimum absolute atomic E-state index is 0.174. The van der Waals surface area contributed by atoms with E-state index in [1.54, 1.807) is 38.7 Å². The highest BCUT2D eigenvalue weighted by Crippen LogP contribution is 2.19. The zero-order valence-electron chi connectivity index (χ0n) is 22.7. The smallest absolute Gasteiger partial charge is 0.326 e. The van der Waals surface area contributed by atoms with Gasteiger partial charge >= 0.3 is 5.97 Å². The molecule has 1 aromatic heterocycles. The van der Waals surface area contributed by atoms with E-state index in [1.165, 1.54) is 0 Å². The third-order valence-corrected chi connectivity index (χ3v) is 7.37. The molecule has 38 heavy (non-hydrogen) atoms. The molecule has 10 nitrogen and oxygen atoms in total. The maximum atomic E-state index is 13.5. The SMILES string of the molecule is CCC(C)C(NC(=O)C(NC(=O)C(Cc1c[nH]c2ccccc12)NC(=O)C(N)CCSC)C(C)C)C(=O)O. The van der Waals surface area contributed by atoms with Crippen molar-refractivity contribution in [1.82, 2.24) is 20.9 Å². The van der Waals surface area contributed by atoms with Crippen molar-refractivity contribution in [3.8, 4) is 0 Å². The van der Waals surface area contributed by atoms with Crippen LogP contribution in [0.1, 0.15) is 46.1 Å². The van der Waals surface area contributed by atoms with Gasteiger partial charge in [0, 0.05) is 23.5 Å². The molecule has 0 aliphatic heterocycles. The first kappa shape index (κ1) is 31.2. The molecule has 2 rings (SSSR count). The summed E-state index contributed by atoms with van der Waals surface area (Å²) < 4.78 is 0. The molecule has 1 aromatic carbocycles. The molecule has 0 saturated carbocycles. The van der Waals surface area contributed by atoms with Gasteiger partial charge in [0.2, 0.25) is 17.7 Å². The molecule has 0 fully saturated rings. The van der Waals surface area contributed by atoms with Crippen molar-refractivity contribution in [3.05, 3.63) is 36.0 Å². The molecule has 11 heteroatoms. The van der Waals surface area contributed by atoms with Gasteiger partial charge in [-0.05, 0) is 41.9 Å². The van der Waals surface area contributed by atoms with E-state index in [1.807, 2.05) is 37.4 Å². The van der Waals surface area contributed by atoms with Crippen molar-refractivity contribution in [2.45, 2.75) is 71.1 Å². The number of hydrogen-bond donors (Lipinski definition) is 6. The summed E-state index contributed by atoms with van der Waals surface area (Å²) in [6, 6.07) is 3.77. The molecular weight excluding hydrogens is 506 g/mol. The first-order valence-electron chi connectivity index (χ1n) is 12.9. The number of benzene rings is 1. The fraction of sp³-hybridized carbons (Fsp3) is 0.556. The van der Waals surface area contributed by atoms with Gasteiger partial charge in [0.05, 0.1) is 6.04 Å². The van der Waals surface area contributed by atoms with Crippen molar-refractivity contribution in [2.75, 3.05) is 12.0 Å². The Bertz CT molecular complexity index is 1100. The highest BCUT2D eigenvalue weighted by Gasteiger charge is 2.33. The van der Waals surface area contributed by atoms with E-state index in [-0.39, 0.29) is 18.3 Å². The number of para-hydroxylation sites is 1. The number of carbonyl (C=O) groups excluding carboxylic acids is 3. The minimum Gasteiger partial charge on any atom is -0.480 e. The molecule has 0 bridgehead atoms. The first-order chi connectivity index (χ1) is 18.0. The maximum absolute atomic E-state index is 13.5. The number of fused-ring (bicyclic) bond motifs is 1. The van der Waals surface area contributed by atoms with Gasteiger partial charge in [0.15, 0.2) is 0 Å². The highest BCUT2D eigenvalue weighted by molar-refractivity contribution is 7.98. The van der Waals surface area contributed by atoms with Crippen LogP contribution in [-0.2, 0) is 25.6 Å². The van der Waals surface area contributed by atoms with Crippen LogP contribution >= 0.6 is 11.8 Å². The Morgan fingerprint density at radius 3 is 2.26 bits per heavy atom. The van der Waals surface area contributed by atoms with Crippen LogP contribution in [0.25, 0.3) is 10.9 Å². The summed E-state index contributed by atoms with van der Waals surface area (Å²) in [6.07, 6.45) is 4.91. The minimum atomic E-state index is -1.13. The number of aromatic amines is 1.